The highest BCUT2D eigenvalue weighted by molar-refractivity contribution is 6.28. The lowest BCUT2D eigenvalue weighted by molar-refractivity contribution is 0.198. The highest BCUT2D eigenvalue weighted by Gasteiger charge is 2.21. The van der Waals surface area contributed by atoms with Gasteiger partial charge in [0.15, 0.2) is 0 Å². The summed E-state index contributed by atoms with van der Waals surface area (Å²) in [5, 5.41) is 9.56. The number of β-amino-alcohol motifs (C(OH)–C–C–N with tert-alkyl or cyclic N) is 1. The molecular weight excluding hydrogens is 190 g/mol. The standard InChI is InChI=1S/C8H10ClN3O/c9-8-10-3-1-7(11-8)12-4-2-6(13)5-12/h1,3,6,13H,2,4-5H2/t6-/m0/s1. The number of anilines is 1. The van der Waals surface area contributed by atoms with Gasteiger partial charge in [-0.3, -0.25) is 0 Å². The number of rotatable bonds is 1. The minimum atomic E-state index is -0.242. The van der Waals surface area contributed by atoms with Gasteiger partial charge in [-0.25, -0.2) is 9.97 Å². The van der Waals surface area contributed by atoms with Crippen LogP contribution in [0.5, 0.6) is 0 Å². The minimum absolute atomic E-state index is 0.242. The molecular formula is C8H10ClN3O. The fourth-order valence-corrected chi connectivity index (χ4v) is 1.60. The molecule has 0 saturated carbocycles. The molecule has 2 heterocycles. The van der Waals surface area contributed by atoms with Crippen molar-refractivity contribution < 1.29 is 5.11 Å². The third-order valence-corrected chi connectivity index (χ3v) is 2.28. The average molecular weight is 200 g/mol. The van der Waals surface area contributed by atoms with E-state index in [0.717, 1.165) is 18.8 Å². The first-order chi connectivity index (χ1) is 6.25. The molecule has 4 nitrogen and oxygen atoms in total. The van der Waals surface area contributed by atoms with Gasteiger partial charge >= 0.3 is 0 Å². The summed E-state index contributed by atoms with van der Waals surface area (Å²) in [6, 6.07) is 1.80. The Morgan fingerprint density at radius 3 is 3.08 bits per heavy atom. The summed E-state index contributed by atoms with van der Waals surface area (Å²) < 4.78 is 0. The molecule has 1 N–H and O–H groups in total. The van der Waals surface area contributed by atoms with Gasteiger partial charge in [-0.2, -0.15) is 0 Å². The van der Waals surface area contributed by atoms with Crippen molar-refractivity contribution in [3.63, 3.8) is 0 Å². The van der Waals surface area contributed by atoms with Gasteiger partial charge in [0.2, 0.25) is 5.28 Å². The van der Waals surface area contributed by atoms with E-state index in [2.05, 4.69) is 9.97 Å². The van der Waals surface area contributed by atoms with Crippen LogP contribution in [0.3, 0.4) is 0 Å². The largest absolute Gasteiger partial charge is 0.391 e. The van der Waals surface area contributed by atoms with Crippen molar-refractivity contribution >= 4 is 17.4 Å². The maximum atomic E-state index is 9.31. The quantitative estimate of drug-likeness (QED) is 0.677. The third-order valence-electron chi connectivity index (χ3n) is 2.10. The van der Waals surface area contributed by atoms with E-state index in [1.54, 1.807) is 12.3 Å². The molecule has 0 unspecified atom stereocenters. The predicted molar refractivity (Wildman–Crippen MR) is 49.9 cm³/mol. The number of hydrogen-bond donors (Lipinski definition) is 1. The Balaban J connectivity index is 2.16. The lowest BCUT2D eigenvalue weighted by Gasteiger charge is -2.15. The number of aliphatic hydroxyl groups is 1. The van der Waals surface area contributed by atoms with Gasteiger partial charge in [0.25, 0.3) is 0 Å². The molecule has 0 aliphatic carbocycles. The van der Waals surface area contributed by atoms with E-state index in [-0.39, 0.29) is 11.4 Å². The van der Waals surface area contributed by atoms with Crippen LogP contribution < -0.4 is 4.90 Å². The van der Waals surface area contributed by atoms with Gasteiger partial charge < -0.3 is 10.0 Å². The van der Waals surface area contributed by atoms with E-state index < -0.39 is 0 Å². The monoisotopic (exact) mass is 199 g/mol. The Morgan fingerprint density at radius 2 is 2.46 bits per heavy atom. The normalized spacial score (nSPS) is 22.3. The Kier molecular flexibility index (Phi) is 2.33. The molecule has 0 bridgehead atoms. The number of halogens is 1. The van der Waals surface area contributed by atoms with Crippen LogP contribution in [0.1, 0.15) is 6.42 Å². The van der Waals surface area contributed by atoms with Crippen LogP contribution in [0.2, 0.25) is 5.28 Å². The molecule has 1 saturated heterocycles. The molecule has 1 atom stereocenters. The highest BCUT2D eigenvalue weighted by Crippen LogP contribution is 2.18. The van der Waals surface area contributed by atoms with Crippen molar-refractivity contribution in [1.82, 2.24) is 9.97 Å². The van der Waals surface area contributed by atoms with Gasteiger partial charge in [-0.15, -0.1) is 0 Å². The lowest BCUT2D eigenvalue weighted by Crippen LogP contribution is -2.22. The summed E-state index contributed by atoms with van der Waals surface area (Å²) in [4.78, 5) is 9.85. The van der Waals surface area contributed by atoms with E-state index in [9.17, 15) is 5.11 Å². The molecule has 1 aromatic rings. The van der Waals surface area contributed by atoms with E-state index in [0.29, 0.717) is 6.54 Å². The van der Waals surface area contributed by atoms with E-state index in [1.165, 1.54) is 0 Å². The maximum Gasteiger partial charge on any atom is 0.224 e. The Hall–Kier alpha value is -0.870. The van der Waals surface area contributed by atoms with Crippen LogP contribution in [0, 0.1) is 0 Å². The molecule has 1 aliphatic rings. The van der Waals surface area contributed by atoms with Crippen LogP contribution in [-0.4, -0.2) is 34.3 Å². The van der Waals surface area contributed by atoms with Crippen molar-refractivity contribution in [3.8, 4) is 0 Å². The number of aromatic nitrogens is 2. The first-order valence-corrected chi connectivity index (χ1v) is 4.55. The minimum Gasteiger partial charge on any atom is -0.391 e. The molecule has 2 rings (SSSR count). The van der Waals surface area contributed by atoms with Crippen LogP contribution in [0.4, 0.5) is 5.82 Å². The van der Waals surface area contributed by atoms with Gasteiger partial charge in [-0.05, 0) is 24.1 Å². The lowest BCUT2D eigenvalue weighted by atomic mass is 10.3. The zero-order valence-corrected chi connectivity index (χ0v) is 7.78. The molecule has 1 aromatic heterocycles. The van der Waals surface area contributed by atoms with Crippen molar-refractivity contribution in [3.05, 3.63) is 17.5 Å². The zero-order chi connectivity index (χ0) is 9.26. The predicted octanol–water partition coefficient (Wildman–Crippen LogP) is 0.701. The summed E-state index contributed by atoms with van der Waals surface area (Å²) in [6.45, 7) is 1.46. The van der Waals surface area contributed by atoms with Crippen LogP contribution >= 0.6 is 11.6 Å². The number of aliphatic hydroxyl groups excluding tert-OH is 1. The van der Waals surface area contributed by atoms with Gasteiger partial charge in [-0.1, -0.05) is 0 Å². The molecule has 0 aromatic carbocycles. The highest BCUT2D eigenvalue weighted by atomic mass is 35.5. The summed E-state index contributed by atoms with van der Waals surface area (Å²) >= 11 is 5.65. The molecule has 0 amide bonds. The molecule has 13 heavy (non-hydrogen) atoms. The fourth-order valence-electron chi connectivity index (χ4n) is 1.45. The Morgan fingerprint density at radius 1 is 1.62 bits per heavy atom. The van der Waals surface area contributed by atoms with Gasteiger partial charge in [0, 0.05) is 19.3 Å². The summed E-state index contributed by atoms with van der Waals surface area (Å²) in [5.41, 5.74) is 0. The molecule has 0 spiro atoms. The van der Waals surface area contributed by atoms with E-state index in [4.69, 9.17) is 11.6 Å². The second kappa shape index (κ2) is 3.47. The first kappa shape index (κ1) is 8.72. The smallest absolute Gasteiger partial charge is 0.224 e. The first-order valence-electron chi connectivity index (χ1n) is 4.17. The number of nitrogens with zero attached hydrogens (tertiary/aromatic N) is 3. The van der Waals surface area contributed by atoms with Crippen molar-refractivity contribution in [2.45, 2.75) is 12.5 Å². The second-order valence-corrected chi connectivity index (χ2v) is 3.41. The third kappa shape index (κ3) is 1.89. The SMILES string of the molecule is O[C@H]1CCN(c2ccnc(Cl)n2)C1. The van der Waals surface area contributed by atoms with Crippen LogP contribution in [0.15, 0.2) is 12.3 Å². The summed E-state index contributed by atoms with van der Waals surface area (Å²) in [7, 11) is 0. The van der Waals surface area contributed by atoms with E-state index >= 15 is 0 Å². The molecule has 0 radical (unpaired) electrons. The summed E-state index contributed by atoms with van der Waals surface area (Å²) in [5.74, 6) is 0.788. The van der Waals surface area contributed by atoms with Crippen molar-refractivity contribution in [2.24, 2.45) is 0 Å². The van der Waals surface area contributed by atoms with Gasteiger partial charge in [0.05, 0.1) is 6.10 Å². The van der Waals surface area contributed by atoms with Gasteiger partial charge in [0.1, 0.15) is 5.82 Å². The van der Waals surface area contributed by atoms with Crippen LogP contribution in [-0.2, 0) is 0 Å². The molecule has 1 fully saturated rings. The summed E-state index contributed by atoms with van der Waals surface area (Å²) in [6.07, 6.45) is 2.17. The van der Waals surface area contributed by atoms with Crippen LogP contribution in [0.25, 0.3) is 0 Å². The second-order valence-electron chi connectivity index (χ2n) is 3.07. The Labute approximate surface area is 81.2 Å². The molecule has 5 heteroatoms. The molecule has 1 aliphatic heterocycles. The van der Waals surface area contributed by atoms with Crippen molar-refractivity contribution in [1.29, 1.82) is 0 Å². The molecule has 70 valence electrons. The Bertz CT molecular complexity index is 307. The van der Waals surface area contributed by atoms with Crippen molar-refractivity contribution in [2.75, 3.05) is 18.0 Å². The zero-order valence-electron chi connectivity index (χ0n) is 7.02. The van der Waals surface area contributed by atoms with E-state index in [1.807, 2.05) is 4.90 Å². The topological polar surface area (TPSA) is 49.2 Å². The maximum absolute atomic E-state index is 9.31. The number of hydrogen-bond acceptors (Lipinski definition) is 4. The average Bonchev–Trinajstić information content (AvgIpc) is 2.52. The fraction of sp³-hybridized carbons (Fsp3) is 0.500.